The second kappa shape index (κ2) is 8.17. The summed E-state index contributed by atoms with van der Waals surface area (Å²) in [6.45, 7) is 3.29. The number of hydrogen-bond acceptors (Lipinski definition) is 6. The van der Waals surface area contributed by atoms with E-state index in [-0.39, 0.29) is 11.5 Å². The number of amides is 1. The third-order valence-electron chi connectivity index (χ3n) is 3.70. The van der Waals surface area contributed by atoms with Crippen LogP contribution in [0.2, 0.25) is 0 Å². The van der Waals surface area contributed by atoms with Crippen LogP contribution < -0.4 is 16.0 Å². The molecule has 3 aromatic rings. The van der Waals surface area contributed by atoms with E-state index in [4.69, 9.17) is 5.11 Å². The molecule has 2 aromatic carbocycles. The van der Waals surface area contributed by atoms with Crippen molar-refractivity contribution in [1.82, 2.24) is 9.97 Å². The van der Waals surface area contributed by atoms with Gasteiger partial charge in [0.25, 0.3) is 0 Å². The lowest BCUT2D eigenvalue weighted by molar-refractivity contribution is -0.114. The maximum atomic E-state index is 11.1. The van der Waals surface area contributed by atoms with Gasteiger partial charge in [0, 0.05) is 35.7 Å². The highest BCUT2D eigenvalue weighted by Gasteiger charge is 2.07. The van der Waals surface area contributed by atoms with E-state index in [2.05, 4.69) is 25.9 Å². The highest BCUT2D eigenvalue weighted by atomic mass is 16.4. The molecular weight excluding hydrogens is 358 g/mol. The van der Waals surface area contributed by atoms with Gasteiger partial charge >= 0.3 is 5.97 Å². The number of anilines is 5. The molecule has 142 valence electrons. The SMILES string of the molecule is CC(=O)Nc1ccc(Nc2nc(C)cc(Nc3cccc(C(=O)O)c3)n2)cc1. The van der Waals surface area contributed by atoms with Crippen molar-refractivity contribution in [3.63, 3.8) is 0 Å². The Balaban J connectivity index is 1.77. The fourth-order valence-electron chi connectivity index (χ4n) is 2.54. The van der Waals surface area contributed by atoms with Crippen molar-refractivity contribution in [3.8, 4) is 0 Å². The largest absolute Gasteiger partial charge is 0.478 e. The van der Waals surface area contributed by atoms with Crippen LogP contribution >= 0.6 is 0 Å². The van der Waals surface area contributed by atoms with Crippen LogP contribution in [0.15, 0.2) is 54.6 Å². The van der Waals surface area contributed by atoms with E-state index < -0.39 is 5.97 Å². The minimum Gasteiger partial charge on any atom is -0.478 e. The minimum absolute atomic E-state index is 0.134. The quantitative estimate of drug-likeness (QED) is 0.514. The average molecular weight is 377 g/mol. The Morgan fingerprint density at radius 3 is 2.29 bits per heavy atom. The molecule has 1 amide bonds. The lowest BCUT2D eigenvalue weighted by Crippen LogP contribution is -2.06. The molecule has 0 saturated heterocycles. The van der Waals surface area contributed by atoms with E-state index in [0.717, 1.165) is 11.4 Å². The molecule has 4 N–H and O–H groups in total. The number of carbonyl (C=O) groups excluding carboxylic acids is 1. The van der Waals surface area contributed by atoms with Crippen molar-refractivity contribution in [2.75, 3.05) is 16.0 Å². The molecule has 8 heteroatoms. The maximum Gasteiger partial charge on any atom is 0.335 e. The molecule has 1 aromatic heterocycles. The first-order valence-electron chi connectivity index (χ1n) is 8.50. The number of aryl methyl sites for hydroxylation is 1. The molecule has 0 fully saturated rings. The van der Waals surface area contributed by atoms with Gasteiger partial charge in [0.15, 0.2) is 0 Å². The Kier molecular flexibility index (Phi) is 5.50. The number of benzene rings is 2. The highest BCUT2D eigenvalue weighted by Crippen LogP contribution is 2.21. The summed E-state index contributed by atoms with van der Waals surface area (Å²) in [6.07, 6.45) is 0. The zero-order chi connectivity index (χ0) is 20.1. The Bertz CT molecular complexity index is 1020. The van der Waals surface area contributed by atoms with Gasteiger partial charge in [-0.05, 0) is 49.4 Å². The van der Waals surface area contributed by atoms with Crippen molar-refractivity contribution < 1.29 is 14.7 Å². The van der Waals surface area contributed by atoms with E-state index in [9.17, 15) is 9.59 Å². The molecule has 0 aliphatic rings. The smallest absolute Gasteiger partial charge is 0.335 e. The minimum atomic E-state index is -0.993. The molecule has 28 heavy (non-hydrogen) atoms. The monoisotopic (exact) mass is 377 g/mol. The fraction of sp³-hybridized carbons (Fsp3) is 0.100. The highest BCUT2D eigenvalue weighted by molar-refractivity contribution is 5.89. The number of carboxylic acids is 1. The number of nitrogens with one attached hydrogen (secondary N) is 3. The second-order valence-corrected chi connectivity index (χ2v) is 6.11. The number of carbonyl (C=O) groups is 2. The fourth-order valence-corrected chi connectivity index (χ4v) is 2.54. The van der Waals surface area contributed by atoms with Gasteiger partial charge < -0.3 is 21.1 Å². The first-order valence-corrected chi connectivity index (χ1v) is 8.50. The van der Waals surface area contributed by atoms with Gasteiger partial charge in [-0.3, -0.25) is 4.79 Å². The molecule has 0 saturated carbocycles. The van der Waals surface area contributed by atoms with Crippen molar-refractivity contribution >= 4 is 40.7 Å². The summed E-state index contributed by atoms with van der Waals surface area (Å²) < 4.78 is 0. The molecule has 0 radical (unpaired) electrons. The van der Waals surface area contributed by atoms with Crippen LogP contribution in [0.3, 0.4) is 0 Å². The van der Waals surface area contributed by atoms with Gasteiger partial charge in [0.05, 0.1) is 5.56 Å². The molecule has 0 atom stereocenters. The molecule has 0 spiro atoms. The third-order valence-corrected chi connectivity index (χ3v) is 3.70. The van der Waals surface area contributed by atoms with E-state index >= 15 is 0 Å². The summed E-state index contributed by atoms with van der Waals surface area (Å²) in [5.74, 6) is -0.199. The van der Waals surface area contributed by atoms with Gasteiger partial charge in [0.1, 0.15) is 5.82 Å². The van der Waals surface area contributed by atoms with E-state index in [1.54, 1.807) is 42.5 Å². The molecule has 3 rings (SSSR count). The summed E-state index contributed by atoms with van der Waals surface area (Å²) in [7, 11) is 0. The molecular formula is C20H19N5O3. The lowest BCUT2D eigenvalue weighted by Gasteiger charge is -2.11. The van der Waals surface area contributed by atoms with Crippen molar-refractivity contribution in [1.29, 1.82) is 0 Å². The predicted molar refractivity (Wildman–Crippen MR) is 107 cm³/mol. The Hall–Kier alpha value is -3.94. The van der Waals surface area contributed by atoms with E-state index in [0.29, 0.717) is 23.1 Å². The van der Waals surface area contributed by atoms with Gasteiger partial charge in [-0.2, -0.15) is 4.98 Å². The summed E-state index contributed by atoms with van der Waals surface area (Å²) in [6, 6.07) is 15.4. The molecule has 0 aliphatic heterocycles. The van der Waals surface area contributed by atoms with Gasteiger partial charge in [-0.25, -0.2) is 9.78 Å². The van der Waals surface area contributed by atoms with Crippen LogP contribution in [0.1, 0.15) is 23.0 Å². The molecule has 1 heterocycles. The number of hydrogen-bond donors (Lipinski definition) is 4. The lowest BCUT2D eigenvalue weighted by atomic mass is 10.2. The van der Waals surface area contributed by atoms with Crippen molar-refractivity contribution in [3.05, 3.63) is 65.9 Å². The summed E-state index contributed by atoms with van der Waals surface area (Å²) in [4.78, 5) is 31.0. The number of nitrogens with zero attached hydrogens (tertiary/aromatic N) is 2. The molecule has 0 aliphatic carbocycles. The first-order chi connectivity index (χ1) is 13.4. The number of aromatic nitrogens is 2. The second-order valence-electron chi connectivity index (χ2n) is 6.11. The Morgan fingerprint density at radius 1 is 0.893 bits per heavy atom. The van der Waals surface area contributed by atoms with Gasteiger partial charge in [0.2, 0.25) is 11.9 Å². The number of carboxylic acid groups (broad SMARTS) is 1. The van der Waals surface area contributed by atoms with Gasteiger partial charge in [-0.1, -0.05) is 6.07 Å². The van der Waals surface area contributed by atoms with Gasteiger partial charge in [-0.15, -0.1) is 0 Å². The summed E-state index contributed by atoms with van der Waals surface area (Å²) in [5, 5.41) is 18.0. The Labute approximate surface area is 161 Å². The summed E-state index contributed by atoms with van der Waals surface area (Å²) >= 11 is 0. The first kappa shape index (κ1) is 18.8. The standard InChI is InChI=1S/C20H19N5O3/c1-12-10-18(23-17-5-3-4-14(11-17)19(27)28)25-20(21-12)24-16-8-6-15(7-9-16)22-13(2)26/h3-11H,1-2H3,(H,22,26)(H,27,28)(H2,21,23,24,25). The Morgan fingerprint density at radius 2 is 1.61 bits per heavy atom. The average Bonchev–Trinajstić information content (AvgIpc) is 2.62. The van der Waals surface area contributed by atoms with E-state index in [1.807, 2.05) is 6.92 Å². The third kappa shape index (κ3) is 5.04. The van der Waals surface area contributed by atoms with Crippen LogP contribution in [-0.4, -0.2) is 27.0 Å². The molecule has 0 bridgehead atoms. The maximum absolute atomic E-state index is 11.1. The zero-order valence-electron chi connectivity index (χ0n) is 15.4. The molecule has 8 nitrogen and oxygen atoms in total. The topological polar surface area (TPSA) is 116 Å². The molecule has 0 unspecified atom stereocenters. The van der Waals surface area contributed by atoms with E-state index in [1.165, 1.54) is 19.1 Å². The van der Waals surface area contributed by atoms with Crippen LogP contribution in [0.4, 0.5) is 28.8 Å². The number of aromatic carboxylic acids is 1. The van der Waals surface area contributed by atoms with Crippen LogP contribution in [0.5, 0.6) is 0 Å². The van der Waals surface area contributed by atoms with Crippen LogP contribution in [0.25, 0.3) is 0 Å². The van der Waals surface area contributed by atoms with Crippen LogP contribution in [0, 0.1) is 6.92 Å². The normalized spacial score (nSPS) is 10.2. The van der Waals surface area contributed by atoms with Crippen molar-refractivity contribution in [2.24, 2.45) is 0 Å². The zero-order valence-corrected chi connectivity index (χ0v) is 15.4. The summed E-state index contributed by atoms with van der Waals surface area (Å²) in [5.41, 5.74) is 3.00. The predicted octanol–water partition coefficient (Wildman–Crippen LogP) is 3.93. The number of rotatable bonds is 6. The van der Waals surface area contributed by atoms with Crippen LogP contribution in [-0.2, 0) is 4.79 Å². The van der Waals surface area contributed by atoms with Crippen molar-refractivity contribution in [2.45, 2.75) is 13.8 Å².